The number of hydrogen-bond donors (Lipinski definition) is 0. The van der Waals surface area contributed by atoms with Crippen molar-refractivity contribution in [3.05, 3.63) is 18.5 Å². The highest BCUT2D eigenvalue weighted by Gasteiger charge is 2.50. The molecule has 2 aliphatic heterocycles. The van der Waals surface area contributed by atoms with Crippen LogP contribution in [0.1, 0.15) is 44.6 Å². The lowest BCUT2D eigenvalue weighted by atomic mass is 9.91. The van der Waals surface area contributed by atoms with Crippen LogP contribution in [-0.4, -0.2) is 57.2 Å². The summed E-state index contributed by atoms with van der Waals surface area (Å²) in [5.41, 5.74) is -0.161. The van der Waals surface area contributed by atoms with E-state index >= 15 is 0 Å². The van der Waals surface area contributed by atoms with Crippen molar-refractivity contribution in [1.29, 1.82) is 0 Å². The number of amides is 1. The van der Waals surface area contributed by atoms with Crippen molar-refractivity contribution in [2.24, 2.45) is 0 Å². The number of hydrogen-bond acceptors (Lipinski definition) is 3. The van der Waals surface area contributed by atoms with Crippen LogP contribution in [0.4, 0.5) is 0 Å². The predicted octanol–water partition coefficient (Wildman–Crippen LogP) is 1.67. The first-order valence-corrected chi connectivity index (χ1v) is 8.33. The smallest absolute Gasteiger partial charge is 0.243 e. The van der Waals surface area contributed by atoms with E-state index in [4.69, 9.17) is 0 Å². The molecule has 4 rings (SSSR count). The molecule has 1 amide bonds. The standard InChI is InChI=1S/C16H24N4O/c21-15(18-12-14(13-18)20-11-5-8-17-20)16(6-1-2-7-16)19-9-3-4-10-19/h5,8,11,14H,1-4,6-7,9-10,12-13H2. The molecule has 1 aromatic rings. The van der Waals surface area contributed by atoms with Gasteiger partial charge in [-0.3, -0.25) is 14.4 Å². The van der Waals surface area contributed by atoms with Gasteiger partial charge in [-0.2, -0.15) is 5.10 Å². The minimum absolute atomic E-state index is 0.161. The molecule has 114 valence electrons. The highest BCUT2D eigenvalue weighted by molar-refractivity contribution is 5.87. The Balaban J connectivity index is 1.46. The lowest BCUT2D eigenvalue weighted by molar-refractivity contribution is -0.150. The maximum Gasteiger partial charge on any atom is 0.243 e. The Morgan fingerprint density at radius 2 is 1.81 bits per heavy atom. The van der Waals surface area contributed by atoms with Crippen LogP contribution in [-0.2, 0) is 4.79 Å². The van der Waals surface area contributed by atoms with Gasteiger partial charge < -0.3 is 4.90 Å². The molecule has 0 aromatic carbocycles. The first-order valence-electron chi connectivity index (χ1n) is 8.33. The molecule has 0 atom stereocenters. The van der Waals surface area contributed by atoms with Crippen LogP contribution in [0.2, 0.25) is 0 Å². The van der Waals surface area contributed by atoms with Gasteiger partial charge in [-0.1, -0.05) is 12.8 Å². The Morgan fingerprint density at radius 1 is 1.10 bits per heavy atom. The summed E-state index contributed by atoms with van der Waals surface area (Å²) in [6.07, 6.45) is 10.9. The van der Waals surface area contributed by atoms with Crippen LogP contribution >= 0.6 is 0 Å². The summed E-state index contributed by atoms with van der Waals surface area (Å²) in [5.74, 6) is 0.394. The van der Waals surface area contributed by atoms with Gasteiger partial charge in [0.25, 0.3) is 0 Å². The fourth-order valence-corrected chi connectivity index (χ4v) is 4.35. The molecule has 1 aromatic heterocycles. The van der Waals surface area contributed by atoms with Crippen LogP contribution in [0, 0.1) is 0 Å². The molecule has 5 heteroatoms. The van der Waals surface area contributed by atoms with Crippen LogP contribution in [0.15, 0.2) is 18.5 Å². The van der Waals surface area contributed by atoms with Crippen LogP contribution in [0.5, 0.6) is 0 Å². The van der Waals surface area contributed by atoms with Crippen LogP contribution in [0.25, 0.3) is 0 Å². The summed E-state index contributed by atoms with van der Waals surface area (Å²) >= 11 is 0. The maximum atomic E-state index is 13.1. The summed E-state index contributed by atoms with van der Waals surface area (Å²) in [6.45, 7) is 3.89. The molecule has 1 aliphatic carbocycles. The van der Waals surface area contributed by atoms with Gasteiger partial charge in [0.1, 0.15) is 5.54 Å². The van der Waals surface area contributed by atoms with E-state index in [1.165, 1.54) is 25.7 Å². The summed E-state index contributed by atoms with van der Waals surface area (Å²) in [6, 6.07) is 2.33. The molecule has 0 N–H and O–H groups in total. The Hall–Kier alpha value is -1.36. The fraction of sp³-hybridized carbons (Fsp3) is 0.750. The molecule has 3 aliphatic rings. The molecule has 3 heterocycles. The van der Waals surface area contributed by atoms with Crippen molar-refractivity contribution in [3.63, 3.8) is 0 Å². The van der Waals surface area contributed by atoms with Gasteiger partial charge in [-0.05, 0) is 44.8 Å². The molecule has 0 bridgehead atoms. The monoisotopic (exact) mass is 288 g/mol. The van der Waals surface area contributed by atoms with Crippen molar-refractivity contribution in [3.8, 4) is 0 Å². The Morgan fingerprint density at radius 3 is 2.43 bits per heavy atom. The van der Waals surface area contributed by atoms with Crippen molar-refractivity contribution >= 4 is 5.91 Å². The molecule has 0 radical (unpaired) electrons. The summed E-state index contributed by atoms with van der Waals surface area (Å²) in [7, 11) is 0. The lowest BCUT2D eigenvalue weighted by Gasteiger charge is -2.47. The average Bonchev–Trinajstić information content (AvgIpc) is 3.19. The van der Waals surface area contributed by atoms with Gasteiger partial charge in [0.05, 0.1) is 6.04 Å². The van der Waals surface area contributed by atoms with Gasteiger partial charge in [0, 0.05) is 25.5 Å². The highest BCUT2D eigenvalue weighted by atomic mass is 16.2. The zero-order valence-electron chi connectivity index (χ0n) is 12.6. The van der Waals surface area contributed by atoms with Gasteiger partial charge in [-0.15, -0.1) is 0 Å². The number of carbonyl (C=O) groups excluding carboxylic acids is 1. The minimum atomic E-state index is -0.161. The third kappa shape index (κ3) is 2.09. The molecule has 21 heavy (non-hydrogen) atoms. The molecule has 5 nitrogen and oxygen atoms in total. The molecule has 0 unspecified atom stereocenters. The van der Waals surface area contributed by atoms with E-state index in [2.05, 4.69) is 14.9 Å². The normalized spacial score (nSPS) is 26.2. The molecule has 0 spiro atoms. The van der Waals surface area contributed by atoms with Gasteiger partial charge in [0.2, 0.25) is 5.91 Å². The second kappa shape index (κ2) is 5.13. The Bertz CT molecular complexity index is 494. The Kier molecular flexibility index (Phi) is 3.25. The topological polar surface area (TPSA) is 41.4 Å². The van der Waals surface area contributed by atoms with E-state index in [0.29, 0.717) is 11.9 Å². The second-order valence-electron chi connectivity index (χ2n) is 6.78. The fourth-order valence-electron chi connectivity index (χ4n) is 4.35. The average molecular weight is 288 g/mol. The first-order chi connectivity index (χ1) is 10.3. The number of aromatic nitrogens is 2. The van der Waals surface area contributed by atoms with Crippen LogP contribution < -0.4 is 0 Å². The highest BCUT2D eigenvalue weighted by Crippen LogP contribution is 2.40. The lowest BCUT2D eigenvalue weighted by Crippen LogP contribution is -2.62. The molecule has 1 saturated carbocycles. The molecule has 2 saturated heterocycles. The van der Waals surface area contributed by atoms with E-state index < -0.39 is 0 Å². The molecule has 3 fully saturated rings. The van der Waals surface area contributed by atoms with E-state index in [1.54, 1.807) is 0 Å². The molecular weight excluding hydrogens is 264 g/mol. The zero-order valence-corrected chi connectivity index (χ0v) is 12.6. The minimum Gasteiger partial charge on any atom is -0.337 e. The van der Waals surface area contributed by atoms with E-state index in [0.717, 1.165) is 39.0 Å². The first kappa shape index (κ1) is 13.3. The van der Waals surface area contributed by atoms with Crippen molar-refractivity contribution in [1.82, 2.24) is 19.6 Å². The van der Waals surface area contributed by atoms with E-state index in [1.807, 2.05) is 23.1 Å². The third-order valence-corrected chi connectivity index (χ3v) is 5.59. The van der Waals surface area contributed by atoms with Crippen molar-refractivity contribution < 1.29 is 4.79 Å². The maximum absolute atomic E-state index is 13.1. The number of likely N-dealkylation sites (tertiary alicyclic amines) is 2. The summed E-state index contributed by atoms with van der Waals surface area (Å²) < 4.78 is 1.99. The summed E-state index contributed by atoms with van der Waals surface area (Å²) in [4.78, 5) is 17.7. The number of rotatable bonds is 3. The largest absolute Gasteiger partial charge is 0.337 e. The van der Waals surface area contributed by atoms with Crippen LogP contribution in [0.3, 0.4) is 0 Å². The SMILES string of the molecule is O=C(N1CC(n2cccn2)C1)C1(N2CCCC2)CCCC1. The quantitative estimate of drug-likeness (QED) is 0.849. The zero-order chi connectivity index (χ0) is 14.3. The van der Waals surface area contributed by atoms with Gasteiger partial charge in [-0.25, -0.2) is 0 Å². The number of carbonyl (C=O) groups is 1. The third-order valence-electron chi connectivity index (χ3n) is 5.59. The summed E-state index contributed by atoms with van der Waals surface area (Å²) in [5, 5.41) is 4.29. The van der Waals surface area contributed by atoms with E-state index in [-0.39, 0.29) is 5.54 Å². The molecular formula is C16H24N4O. The van der Waals surface area contributed by atoms with E-state index in [9.17, 15) is 4.79 Å². The van der Waals surface area contributed by atoms with Gasteiger partial charge in [0.15, 0.2) is 0 Å². The van der Waals surface area contributed by atoms with Gasteiger partial charge >= 0.3 is 0 Å². The Labute approximate surface area is 125 Å². The predicted molar refractivity (Wildman–Crippen MR) is 79.9 cm³/mol. The van der Waals surface area contributed by atoms with Crippen molar-refractivity contribution in [2.75, 3.05) is 26.2 Å². The number of nitrogens with zero attached hydrogens (tertiary/aromatic N) is 4. The van der Waals surface area contributed by atoms with Crippen molar-refractivity contribution in [2.45, 2.75) is 50.1 Å². The second-order valence-corrected chi connectivity index (χ2v) is 6.78.